The second-order valence-corrected chi connectivity index (χ2v) is 17.9. The van der Waals surface area contributed by atoms with E-state index in [4.69, 9.17) is 0 Å². The Morgan fingerprint density at radius 1 is 0.500 bits per heavy atom. The largest absolute Gasteiger partial charge is 4.00 e. The minimum Gasteiger partial charge on any atom is -0.358 e. The SMILES string of the molecule is CC[Si](CC)(c1cc2c(-c3c(C)c(C)cc(C)c3C)cccc2[cH-]1)c1cc2c(-c3c(C)c(C)cc(C)c3C)cccc2[cH-]1.[CH3-].[CH3-].[Hf+4]. The molecule has 0 N–H and O–H groups in total. The van der Waals surface area contributed by atoms with Gasteiger partial charge in [-0.2, -0.15) is 12.1 Å². The first-order chi connectivity index (χ1) is 20.5. The smallest absolute Gasteiger partial charge is 0.358 e. The predicted molar refractivity (Wildman–Crippen MR) is 207 cm³/mol. The Hall–Kier alpha value is -2.81. The molecule has 0 heterocycles. The predicted octanol–water partition coefficient (Wildman–Crippen LogP) is 11.7. The molecule has 0 saturated heterocycles. The van der Waals surface area contributed by atoms with Crippen LogP contribution in [0.2, 0.25) is 12.1 Å². The van der Waals surface area contributed by atoms with Crippen molar-refractivity contribution in [3.05, 3.63) is 132 Å². The van der Waals surface area contributed by atoms with Crippen molar-refractivity contribution in [2.45, 2.75) is 81.3 Å². The van der Waals surface area contributed by atoms with Crippen LogP contribution in [0.4, 0.5) is 0 Å². The number of aryl methyl sites for hydroxylation is 4. The maximum Gasteiger partial charge on any atom is 4.00 e. The maximum atomic E-state index is 2.58. The van der Waals surface area contributed by atoms with Crippen molar-refractivity contribution >= 4 is 40.0 Å². The number of fused-ring (bicyclic) bond motifs is 2. The zero-order chi connectivity index (χ0) is 30.8. The fourth-order valence-corrected chi connectivity index (χ4v) is 12.1. The van der Waals surface area contributed by atoms with E-state index >= 15 is 0 Å². The van der Waals surface area contributed by atoms with E-state index in [9.17, 15) is 0 Å². The molecule has 2 heteroatoms. The molecule has 236 valence electrons. The van der Waals surface area contributed by atoms with E-state index in [-0.39, 0.29) is 40.7 Å². The molecule has 6 rings (SSSR count). The summed E-state index contributed by atoms with van der Waals surface area (Å²) < 4.78 is 0. The Bertz CT molecular complexity index is 1830. The molecule has 0 bridgehead atoms. The van der Waals surface area contributed by atoms with E-state index in [1.165, 1.54) is 100 Å². The summed E-state index contributed by atoms with van der Waals surface area (Å²) in [6.45, 7) is 23.1. The van der Waals surface area contributed by atoms with Crippen LogP contribution in [0.25, 0.3) is 43.8 Å². The first-order valence-electron chi connectivity index (χ1n) is 16.1. The average molecular weight is 787 g/mol. The van der Waals surface area contributed by atoms with Crippen LogP contribution in [0, 0.1) is 70.2 Å². The van der Waals surface area contributed by atoms with Crippen LogP contribution in [0.1, 0.15) is 58.4 Å². The Morgan fingerprint density at radius 3 is 1.13 bits per heavy atom. The van der Waals surface area contributed by atoms with E-state index in [1.54, 1.807) is 10.4 Å². The molecule has 0 aliphatic rings. The first kappa shape index (κ1) is 37.6. The van der Waals surface area contributed by atoms with Crippen LogP contribution < -0.4 is 10.4 Å². The summed E-state index contributed by atoms with van der Waals surface area (Å²) in [5.41, 5.74) is 16.7. The summed E-state index contributed by atoms with van der Waals surface area (Å²) in [6.07, 6.45) is 0. The van der Waals surface area contributed by atoms with E-state index < -0.39 is 8.07 Å². The third-order valence-electron chi connectivity index (χ3n) is 11.1. The fraction of sp³-hybridized carbons (Fsp3) is 0.273. The van der Waals surface area contributed by atoms with Crippen molar-refractivity contribution in [2.24, 2.45) is 0 Å². The molecule has 0 radical (unpaired) electrons. The Kier molecular flexibility index (Phi) is 11.6. The molecular formula is C44H52HfSi. The molecule has 0 unspecified atom stereocenters. The van der Waals surface area contributed by atoms with Crippen molar-refractivity contribution in [3.8, 4) is 22.3 Å². The summed E-state index contributed by atoms with van der Waals surface area (Å²) in [7, 11) is -2.01. The molecule has 0 saturated carbocycles. The third kappa shape index (κ3) is 5.79. The Labute approximate surface area is 299 Å². The summed E-state index contributed by atoms with van der Waals surface area (Å²) in [4.78, 5) is 0. The van der Waals surface area contributed by atoms with Gasteiger partial charge in [0.15, 0.2) is 0 Å². The van der Waals surface area contributed by atoms with Crippen molar-refractivity contribution in [1.29, 1.82) is 0 Å². The fourth-order valence-electron chi connectivity index (χ4n) is 7.93. The van der Waals surface area contributed by atoms with E-state index in [1.807, 2.05) is 0 Å². The van der Waals surface area contributed by atoms with E-state index in [0.717, 1.165) is 0 Å². The standard InChI is InChI=1S/C42H46Si.2CH3.Hf/c1-11-43(12-2,35-21-33-15-13-17-37(39(33)23-35)41-29(7)25(3)19-26(4)30(41)8)36-22-34-16-14-18-38(40(34)24-36)42-31(9)27(5)20-28(6)32(42)10;;;/h13-24H,11-12H2,1-10H3;2*1H3;/q-2;2*-1;+4. The van der Waals surface area contributed by atoms with Crippen LogP contribution >= 0.6 is 0 Å². The maximum absolute atomic E-state index is 2.58. The van der Waals surface area contributed by atoms with Crippen LogP contribution in [0.3, 0.4) is 0 Å². The molecule has 0 amide bonds. The van der Waals surface area contributed by atoms with Gasteiger partial charge in [0, 0.05) is 0 Å². The molecule has 0 atom stereocenters. The average Bonchev–Trinajstić information content (AvgIpc) is 3.63. The zero-order valence-electron chi connectivity index (χ0n) is 30.3. The molecule has 0 fully saturated rings. The van der Waals surface area contributed by atoms with Gasteiger partial charge >= 0.3 is 25.8 Å². The minimum atomic E-state index is -2.01. The zero-order valence-corrected chi connectivity index (χ0v) is 34.9. The number of hydrogen-bond acceptors (Lipinski definition) is 0. The summed E-state index contributed by atoms with van der Waals surface area (Å²) >= 11 is 0. The molecular weight excluding hydrogens is 735 g/mol. The summed E-state index contributed by atoms with van der Waals surface area (Å²) in [5.74, 6) is 0. The number of benzene rings is 4. The van der Waals surface area contributed by atoms with Crippen molar-refractivity contribution in [2.75, 3.05) is 0 Å². The van der Waals surface area contributed by atoms with Crippen molar-refractivity contribution in [3.63, 3.8) is 0 Å². The summed E-state index contributed by atoms with van der Waals surface area (Å²) in [6, 6.07) is 31.2. The quantitative estimate of drug-likeness (QED) is 0.117. The van der Waals surface area contributed by atoms with Crippen LogP contribution in [0.15, 0.2) is 72.8 Å². The van der Waals surface area contributed by atoms with Gasteiger partial charge in [0.2, 0.25) is 0 Å². The van der Waals surface area contributed by atoms with Gasteiger partial charge in [-0.1, -0.05) is 61.3 Å². The van der Waals surface area contributed by atoms with Gasteiger partial charge in [-0.15, -0.1) is 68.3 Å². The van der Waals surface area contributed by atoms with E-state index in [2.05, 4.69) is 142 Å². The van der Waals surface area contributed by atoms with Gasteiger partial charge < -0.3 is 14.9 Å². The van der Waals surface area contributed by atoms with Crippen molar-refractivity contribution in [1.82, 2.24) is 0 Å². The molecule has 46 heavy (non-hydrogen) atoms. The minimum absolute atomic E-state index is 0. The van der Waals surface area contributed by atoms with E-state index in [0.29, 0.717) is 0 Å². The van der Waals surface area contributed by atoms with Crippen LogP contribution in [-0.4, -0.2) is 8.07 Å². The molecule has 6 aromatic carbocycles. The monoisotopic (exact) mass is 788 g/mol. The topological polar surface area (TPSA) is 0 Å². The van der Waals surface area contributed by atoms with Crippen LogP contribution in [-0.2, 0) is 25.8 Å². The second-order valence-electron chi connectivity index (χ2n) is 13.2. The molecule has 6 aromatic rings. The Balaban J connectivity index is 0.00000192. The van der Waals surface area contributed by atoms with Gasteiger partial charge in [0.25, 0.3) is 0 Å². The van der Waals surface area contributed by atoms with Gasteiger partial charge in [-0.3, -0.25) is 0 Å². The molecule has 0 spiro atoms. The number of hydrogen-bond donors (Lipinski definition) is 0. The van der Waals surface area contributed by atoms with Crippen molar-refractivity contribution < 1.29 is 25.8 Å². The summed E-state index contributed by atoms with van der Waals surface area (Å²) in [5, 5.41) is 8.73. The van der Waals surface area contributed by atoms with Gasteiger partial charge in [-0.05, 0) is 111 Å². The van der Waals surface area contributed by atoms with Gasteiger partial charge in [0.1, 0.15) is 0 Å². The Morgan fingerprint density at radius 2 is 0.826 bits per heavy atom. The molecule has 0 aromatic heterocycles. The van der Waals surface area contributed by atoms with Crippen LogP contribution in [0.5, 0.6) is 0 Å². The number of rotatable bonds is 6. The third-order valence-corrected chi connectivity index (χ3v) is 16.3. The molecule has 0 aliphatic heterocycles. The first-order valence-corrected chi connectivity index (χ1v) is 18.5. The second kappa shape index (κ2) is 14.1. The normalized spacial score (nSPS) is 11.3. The molecule has 0 nitrogen and oxygen atoms in total. The molecule has 0 aliphatic carbocycles. The van der Waals surface area contributed by atoms with Gasteiger partial charge in [-0.25, -0.2) is 0 Å². The van der Waals surface area contributed by atoms with Gasteiger partial charge in [0.05, 0.1) is 8.07 Å².